The molecule has 0 saturated carbocycles. The Labute approximate surface area is 137 Å². The van der Waals surface area contributed by atoms with Crippen molar-refractivity contribution in [3.8, 4) is 17.6 Å². The Morgan fingerprint density at radius 3 is 2.77 bits per heavy atom. The van der Waals surface area contributed by atoms with Gasteiger partial charge in [0.15, 0.2) is 11.5 Å². The van der Waals surface area contributed by atoms with Crippen LogP contribution in [0.1, 0.15) is 25.3 Å². The van der Waals surface area contributed by atoms with E-state index in [1.807, 2.05) is 13.0 Å². The van der Waals surface area contributed by atoms with E-state index < -0.39 is 0 Å². The van der Waals surface area contributed by atoms with Gasteiger partial charge in [-0.2, -0.15) is 5.26 Å². The van der Waals surface area contributed by atoms with Crippen molar-refractivity contribution in [2.75, 3.05) is 19.7 Å². The van der Waals surface area contributed by atoms with Crippen LogP contribution in [0, 0.1) is 11.3 Å². The molecule has 0 bridgehead atoms. The first-order chi connectivity index (χ1) is 10.6. The largest absolute Gasteiger partial charge is 0.504 e. The van der Waals surface area contributed by atoms with Crippen LogP contribution in [0.3, 0.4) is 0 Å². The molecule has 0 unspecified atom stereocenters. The highest BCUT2D eigenvalue weighted by Crippen LogP contribution is 2.34. The molecule has 22 heavy (non-hydrogen) atoms. The highest BCUT2D eigenvalue weighted by molar-refractivity contribution is 9.10. The van der Waals surface area contributed by atoms with E-state index >= 15 is 0 Å². The molecule has 0 aliphatic carbocycles. The number of hydrogen-bond donors (Lipinski definition) is 1. The van der Waals surface area contributed by atoms with E-state index in [0.717, 1.165) is 12.8 Å². The molecule has 6 heteroatoms. The lowest BCUT2D eigenvalue weighted by Crippen LogP contribution is -2.28. The highest BCUT2D eigenvalue weighted by atomic mass is 79.9. The van der Waals surface area contributed by atoms with Crippen LogP contribution >= 0.6 is 15.9 Å². The first kappa shape index (κ1) is 16.4. The number of phenols is 1. The third-order valence-electron chi connectivity index (χ3n) is 3.42. The number of nitrogens with zero attached hydrogens (tertiary/aromatic N) is 2. The van der Waals surface area contributed by atoms with Crippen molar-refractivity contribution < 1.29 is 14.6 Å². The third kappa shape index (κ3) is 3.60. The fraction of sp³-hybridized carbons (Fsp3) is 0.375. The first-order valence-electron chi connectivity index (χ1n) is 7.13. The van der Waals surface area contributed by atoms with Crippen molar-refractivity contribution in [2.24, 2.45) is 0 Å². The van der Waals surface area contributed by atoms with E-state index in [-0.39, 0.29) is 17.2 Å². The fourth-order valence-corrected chi connectivity index (χ4v) is 2.77. The van der Waals surface area contributed by atoms with Crippen LogP contribution in [0.25, 0.3) is 6.08 Å². The average Bonchev–Trinajstić information content (AvgIpc) is 3.02. The molecule has 1 fully saturated rings. The first-order valence-corrected chi connectivity index (χ1v) is 7.92. The summed E-state index contributed by atoms with van der Waals surface area (Å²) in [6.07, 6.45) is 3.47. The number of nitriles is 1. The molecule has 2 rings (SSSR count). The van der Waals surface area contributed by atoms with Crippen molar-refractivity contribution in [3.63, 3.8) is 0 Å². The summed E-state index contributed by atoms with van der Waals surface area (Å²) in [5, 5.41) is 19.1. The number of rotatable bonds is 4. The van der Waals surface area contributed by atoms with Gasteiger partial charge in [0.25, 0.3) is 5.91 Å². The number of hydrogen-bond acceptors (Lipinski definition) is 4. The molecule has 1 aromatic rings. The molecule has 1 N–H and O–H groups in total. The number of halogens is 1. The molecule has 1 aromatic carbocycles. The van der Waals surface area contributed by atoms with E-state index in [0.29, 0.717) is 35.5 Å². The van der Waals surface area contributed by atoms with Gasteiger partial charge in [-0.05, 0) is 43.5 Å². The average molecular weight is 365 g/mol. The summed E-state index contributed by atoms with van der Waals surface area (Å²) in [5.74, 6) is 0.0797. The van der Waals surface area contributed by atoms with Crippen molar-refractivity contribution in [2.45, 2.75) is 19.8 Å². The van der Waals surface area contributed by atoms with E-state index in [2.05, 4.69) is 15.9 Å². The van der Waals surface area contributed by atoms with Crippen LogP contribution in [-0.4, -0.2) is 35.6 Å². The predicted octanol–water partition coefficient (Wildman–Crippen LogP) is 3.08. The molecule has 1 aliphatic heterocycles. The van der Waals surface area contributed by atoms with Gasteiger partial charge < -0.3 is 14.7 Å². The van der Waals surface area contributed by atoms with Crippen LogP contribution in [-0.2, 0) is 4.79 Å². The number of carbonyl (C=O) groups is 1. The maximum absolute atomic E-state index is 12.3. The van der Waals surface area contributed by atoms with Gasteiger partial charge in [-0.3, -0.25) is 4.79 Å². The summed E-state index contributed by atoms with van der Waals surface area (Å²) in [5.41, 5.74) is 0.695. The van der Waals surface area contributed by atoms with Gasteiger partial charge in [0.1, 0.15) is 11.6 Å². The molecule has 0 atom stereocenters. The summed E-state index contributed by atoms with van der Waals surface area (Å²) >= 11 is 3.33. The number of aromatic hydroxyl groups is 1. The Morgan fingerprint density at radius 2 is 2.18 bits per heavy atom. The lowest BCUT2D eigenvalue weighted by atomic mass is 10.1. The molecule has 1 amide bonds. The van der Waals surface area contributed by atoms with Crippen molar-refractivity contribution >= 4 is 27.9 Å². The van der Waals surface area contributed by atoms with Crippen molar-refractivity contribution in [1.29, 1.82) is 5.26 Å². The maximum atomic E-state index is 12.3. The number of benzene rings is 1. The number of amides is 1. The fourth-order valence-electron chi connectivity index (χ4n) is 2.33. The Bertz CT molecular complexity index is 644. The second kappa shape index (κ2) is 7.32. The number of likely N-dealkylation sites (tertiary alicyclic amines) is 1. The normalized spacial score (nSPS) is 14.8. The molecule has 1 heterocycles. The summed E-state index contributed by atoms with van der Waals surface area (Å²) in [6, 6.07) is 5.07. The molecule has 0 spiro atoms. The molecule has 0 aromatic heterocycles. The van der Waals surface area contributed by atoms with Gasteiger partial charge in [0.2, 0.25) is 0 Å². The van der Waals surface area contributed by atoms with Crippen LogP contribution in [0.5, 0.6) is 11.5 Å². The zero-order valence-electron chi connectivity index (χ0n) is 12.3. The molecule has 1 aliphatic rings. The van der Waals surface area contributed by atoms with Gasteiger partial charge in [-0.15, -0.1) is 0 Å². The van der Waals surface area contributed by atoms with Crippen LogP contribution in [0.15, 0.2) is 22.2 Å². The Balaban J connectivity index is 2.34. The van der Waals surface area contributed by atoms with Crippen LogP contribution < -0.4 is 4.74 Å². The predicted molar refractivity (Wildman–Crippen MR) is 86.4 cm³/mol. The minimum absolute atomic E-state index is 0.00949. The van der Waals surface area contributed by atoms with Crippen molar-refractivity contribution in [3.05, 3.63) is 27.7 Å². The zero-order valence-corrected chi connectivity index (χ0v) is 13.9. The van der Waals surface area contributed by atoms with Gasteiger partial charge in [0, 0.05) is 17.6 Å². The topological polar surface area (TPSA) is 73.6 Å². The molecule has 0 radical (unpaired) electrons. The van der Waals surface area contributed by atoms with Crippen molar-refractivity contribution in [1.82, 2.24) is 4.90 Å². The lowest BCUT2D eigenvalue weighted by Gasteiger charge is -2.14. The van der Waals surface area contributed by atoms with Crippen LogP contribution in [0.4, 0.5) is 0 Å². The van der Waals surface area contributed by atoms with E-state index in [9.17, 15) is 15.2 Å². The molecule has 5 nitrogen and oxygen atoms in total. The zero-order chi connectivity index (χ0) is 16.1. The standard InChI is InChI=1S/C16H17BrN2O3/c1-2-22-15-8-11(13(17)9-14(15)20)7-12(10-18)16(21)19-5-3-4-6-19/h7-9,20H,2-6H2,1H3/b12-7+. The minimum atomic E-state index is -0.252. The smallest absolute Gasteiger partial charge is 0.264 e. The second-order valence-corrected chi connectivity index (χ2v) is 5.80. The molecular weight excluding hydrogens is 348 g/mol. The number of ether oxygens (including phenoxy) is 1. The van der Waals surface area contributed by atoms with Gasteiger partial charge in [-0.25, -0.2) is 0 Å². The SMILES string of the molecule is CCOc1cc(/C=C(\C#N)C(=O)N2CCCC2)c(Br)cc1O. The van der Waals surface area contributed by atoms with Gasteiger partial charge in [-0.1, -0.05) is 15.9 Å². The lowest BCUT2D eigenvalue weighted by molar-refractivity contribution is -0.125. The third-order valence-corrected chi connectivity index (χ3v) is 4.11. The summed E-state index contributed by atoms with van der Waals surface area (Å²) in [4.78, 5) is 14.0. The quantitative estimate of drug-likeness (QED) is 0.657. The van der Waals surface area contributed by atoms with Gasteiger partial charge >= 0.3 is 0 Å². The second-order valence-electron chi connectivity index (χ2n) is 4.94. The van der Waals surface area contributed by atoms with E-state index in [1.54, 1.807) is 11.0 Å². The van der Waals surface area contributed by atoms with Gasteiger partial charge in [0.05, 0.1) is 6.61 Å². The summed E-state index contributed by atoms with van der Waals surface area (Å²) < 4.78 is 5.92. The van der Waals surface area contributed by atoms with E-state index in [4.69, 9.17) is 4.74 Å². The number of phenolic OH excluding ortho intramolecular Hbond substituents is 1. The Morgan fingerprint density at radius 1 is 1.50 bits per heavy atom. The highest BCUT2D eigenvalue weighted by Gasteiger charge is 2.21. The molecule has 1 saturated heterocycles. The van der Waals surface area contributed by atoms with Crippen LogP contribution in [0.2, 0.25) is 0 Å². The molecule has 116 valence electrons. The number of carbonyl (C=O) groups excluding carboxylic acids is 1. The minimum Gasteiger partial charge on any atom is -0.504 e. The summed E-state index contributed by atoms with van der Waals surface area (Å²) in [7, 11) is 0. The monoisotopic (exact) mass is 364 g/mol. The maximum Gasteiger partial charge on any atom is 0.264 e. The molecular formula is C16H17BrN2O3. The Kier molecular flexibility index (Phi) is 5.45. The van der Waals surface area contributed by atoms with E-state index in [1.165, 1.54) is 12.1 Å². The Hall–Kier alpha value is -2.00. The summed E-state index contributed by atoms with van der Waals surface area (Å²) in [6.45, 7) is 3.61.